The van der Waals surface area contributed by atoms with Crippen LogP contribution in [0, 0.1) is 5.41 Å². The van der Waals surface area contributed by atoms with Gasteiger partial charge in [0.1, 0.15) is 0 Å². The summed E-state index contributed by atoms with van der Waals surface area (Å²) in [4.78, 5) is 0. The van der Waals surface area contributed by atoms with E-state index in [0.29, 0.717) is 11.5 Å². The first-order valence-electron chi connectivity index (χ1n) is 4.16. The Morgan fingerprint density at radius 3 is 2.73 bits per heavy atom. The fourth-order valence-corrected chi connectivity index (χ4v) is 2.03. The third kappa shape index (κ3) is 2.31. The van der Waals surface area contributed by atoms with Gasteiger partial charge in [0.15, 0.2) is 0 Å². The summed E-state index contributed by atoms with van der Waals surface area (Å²) in [6.07, 6.45) is 3.34. The first-order chi connectivity index (χ1) is 5.03. The quantitative estimate of drug-likeness (QED) is 0.342. The fourth-order valence-electron chi connectivity index (χ4n) is 2.03. The maximum atomic E-state index is 5.40. The maximum Gasteiger partial charge on any atom is 0.0252 e. The van der Waals surface area contributed by atoms with E-state index in [0.717, 1.165) is 19.3 Å². The Kier molecular flexibility index (Phi) is 2.35. The highest BCUT2D eigenvalue weighted by atomic mass is 15.2. The van der Waals surface area contributed by atoms with Crippen molar-refractivity contribution >= 4 is 0 Å². The number of nitrogens with two attached hydrogens (primary N) is 1. The summed E-state index contributed by atoms with van der Waals surface area (Å²) in [7, 11) is 0. The van der Waals surface area contributed by atoms with Gasteiger partial charge in [0, 0.05) is 6.04 Å². The van der Waals surface area contributed by atoms with Crippen LogP contribution in [0.15, 0.2) is 12.2 Å². The molecule has 3 N–H and O–H groups in total. The molecule has 1 saturated carbocycles. The van der Waals surface area contributed by atoms with Crippen molar-refractivity contribution in [2.24, 2.45) is 11.3 Å². The van der Waals surface area contributed by atoms with Gasteiger partial charge in [0.05, 0.1) is 0 Å². The van der Waals surface area contributed by atoms with Gasteiger partial charge in [0.2, 0.25) is 0 Å². The fraction of sp³-hybridized carbons (Fsp3) is 0.778. The van der Waals surface area contributed by atoms with Crippen LogP contribution in [0.25, 0.3) is 0 Å². The molecule has 0 saturated heterocycles. The lowest BCUT2D eigenvalue weighted by atomic mass is 9.73. The van der Waals surface area contributed by atoms with E-state index in [4.69, 9.17) is 5.84 Å². The molecule has 1 fully saturated rings. The van der Waals surface area contributed by atoms with E-state index in [2.05, 4.69) is 25.9 Å². The van der Waals surface area contributed by atoms with Crippen molar-refractivity contribution in [2.45, 2.75) is 39.2 Å². The van der Waals surface area contributed by atoms with Crippen molar-refractivity contribution in [3.63, 3.8) is 0 Å². The highest BCUT2D eigenvalue weighted by Crippen LogP contribution is 2.37. The molecule has 1 unspecified atom stereocenters. The van der Waals surface area contributed by atoms with Crippen molar-refractivity contribution in [1.29, 1.82) is 0 Å². The smallest absolute Gasteiger partial charge is 0.0252 e. The predicted molar refractivity (Wildman–Crippen MR) is 47.9 cm³/mol. The van der Waals surface area contributed by atoms with Crippen molar-refractivity contribution in [3.8, 4) is 0 Å². The molecule has 1 aliphatic rings. The molecule has 0 aliphatic heterocycles. The van der Waals surface area contributed by atoms with E-state index < -0.39 is 0 Å². The zero-order valence-corrected chi connectivity index (χ0v) is 7.48. The third-order valence-corrected chi connectivity index (χ3v) is 2.30. The Bertz CT molecular complexity index is 161. The van der Waals surface area contributed by atoms with Gasteiger partial charge in [0.25, 0.3) is 0 Å². The molecule has 0 spiro atoms. The van der Waals surface area contributed by atoms with Crippen LogP contribution >= 0.6 is 0 Å². The SMILES string of the molecule is C=C1CC(NN)CC(C)(C)C1. The van der Waals surface area contributed by atoms with Gasteiger partial charge in [-0.3, -0.25) is 11.3 Å². The molecule has 0 aromatic heterocycles. The van der Waals surface area contributed by atoms with Crippen LogP contribution in [-0.4, -0.2) is 6.04 Å². The molecule has 0 bridgehead atoms. The van der Waals surface area contributed by atoms with Gasteiger partial charge in [-0.2, -0.15) is 0 Å². The standard InChI is InChI=1S/C9H18N2/c1-7-4-8(11-10)6-9(2,3)5-7/h8,11H,1,4-6,10H2,2-3H3. The minimum absolute atomic E-state index is 0.381. The molecule has 2 heteroatoms. The minimum atomic E-state index is 0.381. The predicted octanol–water partition coefficient (Wildman–Crippen LogP) is 1.58. The second-order valence-corrected chi connectivity index (χ2v) is 4.36. The molecule has 11 heavy (non-hydrogen) atoms. The molecule has 0 heterocycles. The zero-order chi connectivity index (χ0) is 8.48. The topological polar surface area (TPSA) is 38.0 Å². The highest BCUT2D eigenvalue weighted by molar-refractivity contribution is 5.06. The Morgan fingerprint density at radius 1 is 1.64 bits per heavy atom. The Hall–Kier alpha value is -0.340. The first-order valence-corrected chi connectivity index (χ1v) is 4.16. The lowest BCUT2D eigenvalue weighted by molar-refractivity contribution is 0.241. The van der Waals surface area contributed by atoms with E-state index >= 15 is 0 Å². The molecule has 0 radical (unpaired) electrons. The molecule has 1 atom stereocenters. The van der Waals surface area contributed by atoms with Crippen molar-refractivity contribution < 1.29 is 0 Å². The summed E-state index contributed by atoms with van der Waals surface area (Å²) < 4.78 is 0. The Labute approximate surface area is 68.8 Å². The van der Waals surface area contributed by atoms with Crippen LogP contribution in [0.1, 0.15) is 33.1 Å². The molecule has 0 aromatic rings. The van der Waals surface area contributed by atoms with Gasteiger partial charge in [-0.05, 0) is 24.7 Å². The molecule has 2 nitrogen and oxygen atoms in total. The van der Waals surface area contributed by atoms with Gasteiger partial charge in [-0.15, -0.1) is 0 Å². The minimum Gasteiger partial charge on any atom is -0.271 e. The lowest BCUT2D eigenvalue weighted by Crippen LogP contribution is -2.41. The number of rotatable bonds is 1. The van der Waals surface area contributed by atoms with Crippen LogP contribution < -0.4 is 11.3 Å². The van der Waals surface area contributed by atoms with E-state index in [1.165, 1.54) is 5.57 Å². The molecule has 64 valence electrons. The van der Waals surface area contributed by atoms with Crippen LogP contribution in [0.5, 0.6) is 0 Å². The molecular weight excluding hydrogens is 136 g/mol. The summed E-state index contributed by atoms with van der Waals surface area (Å²) in [5, 5.41) is 0. The second-order valence-electron chi connectivity index (χ2n) is 4.36. The molecule has 1 rings (SSSR count). The van der Waals surface area contributed by atoms with Gasteiger partial charge >= 0.3 is 0 Å². The molecule has 0 aromatic carbocycles. The van der Waals surface area contributed by atoms with Gasteiger partial charge < -0.3 is 0 Å². The normalized spacial score (nSPS) is 30.5. The summed E-state index contributed by atoms with van der Waals surface area (Å²) in [6, 6.07) is 0.436. The van der Waals surface area contributed by atoms with Crippen LogP contribution in [-0.2, 0) is 0 Å². The van der Waals surface area contributed by atoms with E-state index in [1.54, 1.807) is 0 Å². The number of hydrazine groups is 1. The van der Waals surface area contributed by atoms with Crippen molar-refractivity contribution in [2.75, 3.05) is 0 Å². The van der Waals surface area contributed by atoms with E-state index in [-0.39, 0.29) is 0 Å². The zero-order valence-electron chi connectivity index (χ0n) is 7.48. The average molecular weight is 154 g/mol. The largest absolute Gasteiger partial charge is 0.271 e. The summed E-state index contributed by atoms with van der Waals surface area (Å²) in [5.41, 5.74) is 4.53. The van der Waals surface area contributed by atoms with Crippen LogP contribution in [0.4, 0.5) is 0 Å². The maximum absolute atomic E-state index is 5.40. The first kappa shape index (κ1) is 8.75. The number of nitrogens with one attached hydrogen (secondary N) is 1. The monoisotopic (exact) mass is 154 g/mol. The van der Waals surface area contributed by atoms with Crippen LogP contribution in [0.3, 0.4) is 0 Å². The second kappa shape index (κ2) is 2.95. The van der Waals surface area contributed by atoms with Gasteiger partial charge in [-0.1, -0.05) is 26.0 Å². The highest BCUT2D eigenvalue weighted by Gasteiger charge is 2.28. The lowest BCUT2D eigenvalue weighted by Gasteiger charge is -2.36. The van der Waals surface area contributed by atoms with Crippen molar-refractivity contribution in [1.82, 2.24) is 5.43 Å². The molecular formula is C9H18N2. The third-order valence-electron chi connectivity index (χ3n) is 2.30. The van der Waals surface area contributed by atoms with Crippen LogP contribution in [0.2, 0.25) is 0 Å². The summed E-state index contributed by atoms with van der Waals surface area (Å²) in [5.74, 6) is 5.40. The van der Waals surface area contributed by atoms with E-state index in [9.17, 15) is 0 Å². The Morgan fingerprint density at radius 2 is 2.27 bits per heavy atom. The number of hydrogen-bond acceptors (Lipinski definition) is 2. The number of hydrogen-bond donors (Lipinski definition) is 2. The molecule has 0 amide bonds. The summed E-state index contributed by atoms with van der Waals surface area (Å²) in [6.45, 7) is 8.54. The average Bonchev–Trinajstić information content (AvgIpc) is 1.83. The summed E-state index contributed by atoms with van der Waals surface area (Å²) >= 11 is 0. The van der Waals surface area contributed by atoms with Gasteiger partial charge in [-0.25, -0.2) is 0 Å². The molecule has 1 aliphatic carbocycles. The Balaban J connectivity index is 2.58. The van der Waals surface area contributed by atoms with E-state index in [1.807, 2.05) is 0 Å². The van der Waals surface area contributed by atoms with Crippen molar-refractivity contribution in [3.05, 3.63) is 12.2 Å².